The molecule has 1 aromatic heterocycles. The van der Waals surface area contributed by atoms with Crippen molar-refractivity contribution in [3.05, 3.63) is 47.8 Å². The maximum Gasteiger partial charge on any atom is 0.262 e. The highest BCUT2D eigenvalue weighted by atomic mass is 32.2. The van der Waals surface area contributed by atoms with Crippen molar-refractivity contribution in [3.8, 4) is 5.75 Å². The van der Waals surface area contributed by atoms with Crippen molar-refractivity contribution < 1.29 is 13.9 Å². The van der Waals surface area contributed by atoms with Crippen LogP contribution in [0.1, 0.15) is 31.1 Å². The third-order valence-electron chi connectivity index (χ3n) is 3.48. The summed E-state index contributed by atoms with van der Waals surface area (Å²) in [6.45, 7) is 6.49. The highest BCUT2D eigenvalue weighted by Crippen LogP contribution is 2.26. The number of amides is 1. The first-order chi connectivity index (χ1) is 11.7. The molecule has 0 saturated heterocycles. The fraction of sp³-hybridized carbons (Fsp3) is 0.368. The summed E-state index contributed by atoms with van der Waals surface area (Å²) in [4.78, 5) is 19.1. The summed E-state index contributed by atoms with van der Waals surface area (Å²) in [5.74, 6) is -0.133. The lowest BCUT2D eigenvalue weighted by molar-refractivity contribution is 0.0972. The summed E-state index contributed by atoms with van der Waals surface area (Å²) < 4.78 is 19.4. The van der Waals surface area contributed by atoms with Crippen LogP contribution in [0.25, 0.3) is 0 Å². The maximum absolute atomic E-state index is 14.4. The minimum atomic E-state index is -0.607. The van der Waals surface area contributed by atoms with Crippen LogP contribution in [-0.4, -0.2) is 30.8 Å². The highest BCUT2D eigenvalue weighted by Gasteiger charge is 2.26. The second kappa shape index (κ2) is 7.87. The van der Waals surface area contributed by atoms with Crippen LogP contribution in [0.4, 0.5) is 10.2 Å². The molecule has 0 aliphatic heterocycles. The van der Waals surface area contributed by atoms with Crippen molar-refractivity contribution in [1.82, 2.24) is 4.98 Å². The number of nitrogens with zero attached hydrogens (tertiary/aromatic N) is 2. The molecule has 0 fully saturated rings. The first kappa shape index (κ1) is 19.2. The average molecular weight is 362 g/mol. The molecule has 0 atom stereocenters. The number of thioether (sulfide) groups is 1. The summed E-state index contributed by atoms with van der Waals surface area (Å²) in [5.41, 5.74) is -0.170. The maximum atomic E-state index is 14.4. The number of carbonyl (C=O) groups excluding carboxylic acids is 1. The molecule has 0 aliphatic rings. The SMILES string of the molecule is COc1ccc(C(=O)N(CC(C)(C)C)c2cccc(SC)n2)c(F)c1. The lowest BCUT2D eigenvalue weighted by Gasteiger charge is -2.29. The fourth-order valence-corrected chi connectivity index (χ4v) is 2.74. The van der Waals surface area contributed by atoms with Gasteiger partial charge in [-0.2, -0.15) is 0 Å². The van der Waals surface area contributed by atoms with Gasteiger partial charge in [0.25, 0.3) is 5.91 Å². The molecule has 0 radical (unpaired) electrons. The molecule has 134 valence electrons. The van der Waals surface area contributed by atoms with Gasteiger partial charge in [0.1, 0.15) is 17.4 Å². The van der Waals surface area contributed by atoms with Crippen molar-refractivity contribution in [2.24, 2.45) is 5.41 Å². The number of anilines is 1. The smallest absolute Gasteiger partial charge is 0.262 e. The Labute approximate surface area is 152 Å². The van der Waals surface area contributed by atoms with E-state index in [2.05, 4.69) is 4.98 Å². The zero-order valence-corrected chi connectivity index (χ0v) is 16.0. The Balaban J connectivity index is 2.46. The highest BCUT2D eigenvalue weighted by molar-refractivity contribution is 7.98. The van der Waals surface area contributed by atoms with E-state index in [-0.39, 0.29) is 11.0 Å². The third-order valence-corrected chi connectivity index (χ3v) is 4.12. The van der Waals surface area contributed by atoms with Crippen LogP contribution in [0, 0.1) is 11.2 Å². The number of hydrogen-bond donors (Lipinski definition) is 0. The van der Waals surface area contributed by atoms with Gasteiger partial charge in [-0.3, -0.25) is 9.69 Å². The van der Waals surface area contributed by atoms with Gasteiger partial charge < -0.3 is 4.74 Å². The predicted octanol–water partition coefficient (Wildman–Crippen LogP) is 4.64. The molecule has 0 N–H and O–H groups in total. The van der Waals surface area contributed by atoms with E-state index in [0.717, 1.165) is 5.03 Å². The molecule has 0 bridgehead atoms. The van der Waals surface area contributed by atoms with Crippen LogP contribution in [0.2, 0.25) is 0 Å². The third kappa shape index (κ3) is 4.95. The van der Waals surface area contributed by atoms with Crippen molar-refractivity contribution in [3.63, 3.8) is 0 Å². The van der Waals surface area contributed by atoms with Gasteiger partial charge in [-0.1, -0.05) is 26.8 Å². The molecule has 0 aliphatic carbocycles. The van der Waals surface area contributed by atoms with E-state index in [0.29, 0.717) is 18.1 Å². The van der Waals surface area contributed by atoms with Gasteiger partial charge >= 0.3 is 0 Å². The van der Waals surface area contributed by atoms with E-state index in [1.54, 1.807) is 12.1 Å². The second-order valence-electron chi connectivity index (χ2n) is 6.84. The van der Waals surface area contributed by atoms with Crippen LogP contribution in [0.5, 0.6) is 5.75 Å². The average Bonchev–Trinajstić information content (AvgIpc) is 2.58. The standard InChI is InChI=1S/C19H23FN2O2S/c1-19(2,3)12-22(16-7-6-8-17(21-16)25-5)18(23)14-10-9-13(24-4)11-15(14)20/h6-11H,12H2,1-5H3. The van der Waals surface area contributed by atoms with E-state index in [4.69, 9.17) is 4.74 Å². The number of aromatic nitrogens is 1. The molecule has 0 unspecified atom stereocenters. The van der Waals surface area contributed by atoms with E-state index in [9.17, 15) is 9.18 Å². The predicted molar refractivity (Wildman–Crippen MR) is 100 cm³/mol. The van der Waals surface area contributed by atoms with E-state index in [1.165, 1.54) is 35.9 Å². The number of benzene rings is 1. The normalized spacial score (nSPS) is 11.3. The monoisotopic (exact) mass is 362 g/mol. The largest absolute Gasteiger partial charge is 0.497 e. The lowest BCUT2D eigenvalue weighted by Crippen LogP contribution is -2.39. The van der Waals surface area contributed by atoms with Crippen molar-refractivity contribution in [1.29, 1.82) is 0 Å². The molecule has 4 nitrogen and oxygen atoms in total. The number of rotatable bonds is 5. The molecule has 0 saturated carbocycles. The molecule has 6 heteroatoms. The topological polar surface area (TPSA) is 42.4 Å². The van der Waals surface area contributed by atoms with Gasteiger partial charge in [-0.05, 0) is 35.9 Å². The van der Waals surface area contributed by atoms with E-state index in [1.807, 2.05) is 39.2 Å². The van der Waals surface area contributed by atoms with Crippen LogP contribution >= 0.6 is 11.8 Å². The Hall–Kier alpha value is -2.08. The number of pyridine rings is 1. The van der Waals surface area contributed by atoms with E-state index >= 15 is 0 Å². The minimum Gasteiger partial charge on any atom is -0.497 e. The Bertz CT molecular complexity index is 759. The quantitative estimate of drug-likeness (QED) is 0.727. The van der Waals surface area contributed by atoms with Crippen LogP contribution in [0.15, 0.2) is 41.4 Å². The van der Waals surface area contributed by atoms with Crippen LogP contribution in [0.3, 0.4) is 0 Å². The summed E-state index contributed by atoms with van der Waals surface area (Å²) in [6, 6.07) is 9.74. The Kier molecular flexibility index (Phi) is 6.06. The van der Waals surface area contributed by atoms with Crippen molar-refractivity contribution in [2.45, 2.75) is 25.8 Å². The van der Waals surface area contributed by atoms with Gasteiger partial charge in [0, 0.05) is 12.6 Å². The Morgan fingerprint density at radius 3 is 2.56 bits per heavy atom. The van der Waals surface area contributed by atoms with Crippen molar-refractivity contribution >= 4 is 23.5 Å². The molecule has 2 rings (SSSR count). The minimum absolute atomic E-state index is 0.00130. The molecular formula is C19H23FN2O2S. The molecule has 25 heavy (non-hydrogen) atoms. The van der Waals surface area contributed by atoms with Gasteiger partial charge in [-0.25, -0.2) is 9.37 Å². The van der Waals surface area contributed by atoms with E-state index < -0.39 is 11.7 Å². The Morgan fingerprint density at radius 2 is 2.00 bits per heavy atom. The number of halogens is 1. The van der Waals surface area contributed by atoms with Crippen LogP contribution in [-0.2, 0) is 0 Å². The molecule has 1 aromatic carbocycles. The summed E-state index contributed by atoms with van der Waals surface area (Å²) in [6.07, 6.45) is 1.92. The molecular weight excluding hydrogens is 339 g/mol. The van der Waals surface area contributed by atoms with Gasteiger partial charge in [0.2, 0.25) is 0 Å². The number of ether oxygens (including phenoxy) is 1. The summed E-state index contributed by atoms with van der Waals surface area (Å²) in [7, 11) is 1.46. The molecule has 1 heterocycles. The van der Waals surface area contributed by atoms with Gasteiger partial charge in [0.15, 0.2) is 0 Å². The molecule has 2 aromatic rings. The summed E-state index contributed by atoms with van der Waals surface area (Å²) in [5, 5.41) is 0.805. The second-order valence-corrected chi connectivity index (χ2v) is 7.66. The molecule has 0 spiro atoms. The first-order valence-corrected chi connectivity index (χ1v) is 9.14. The number of carbonyl (C=O) groups is 1. The fourth-order valence-electron chi connectivity index (χ4n) is 2.34. The zero-order valence-electron chi connectivity index (χ0n) is 15.2. The van der Waals surface area contributed by atoms with Gasteiger partial charge in [-0.15, -0.1) is 11.8 Å². The zero-order chi connectivity index (χ0) is 18.6. The number of methoxy groups -OCH3 is 1. The number of hydrogen-bond acceptors (Lipinski definition) is 4. The van der Waals surface area contributed by atoms with Crippen LogP contribution < -0.4 is 9.64 Å². The molecule has 1 amide bonds. The lowest BCUT2D eigenvalue weighted by atomic mass is 9.95. The summed E-state index contributed by atoms with van der Waals surface area (Å²) >= 11 is 1.49. The van der Waals surface area contributed by atoms with Gasteiger partial charge in [0.05, 0.1) is 17.7 Å². The van der Waals surface area contributed by atoms with Crippen molar-refractivity contribution in [2.75, 3.05) is 24.8 Å². The Morgan fingerprint density at radius 1 is 1.28 bits per heavy atom. The first-order valence-electron chi connectivity index (χ1n) is 7.91.